The van der Waals surface area contributed by atoms with Crippen LogP contribution >= 0.6 is 0 Å². The summed E-state index contributed by atoms with van der Waals surface area (Å²) < 4.78 is 28.6. The second kappa shape index (κ2) is 7.85. The Bertz CT molecular complexity index is 1240. The molecule has 1 aromatic carbocycles. The second-order valence-corrected chi connectivity index (χ2v) is 7.54. The van der Waals surface area contributed by atoms with Crippen LogP contribution in [0.15, 0.2) is 48.8 Å². The number of hydrogen-bond acceptors (Lipinski definition) is 5. The minimum atomic E-state index is -2.99. The first-order chi connectivity index (χ1) is 15.2. The van der Waals surface area contributed by atoms with Gasteiger partial charge in [-0.1, -0.05) is 12.1 Å². The molecule has 1 unspecified atom stereocenters. The van der Waals surface area contributed by atoms with E-state index in [9.17, 15) is 18.4 Å². The molecule has 2 amide bonds. The molecule has 1 aliphatic heterocycles. The molecule has 3 heterocycles. The number of pyridine rings is 1. The van der Waals surface area contributed by atoms with E-state index in [2.05, 4.69) is 15.4 Å². The number of nitrogens with one attached hydrogen (secondary N) is 1. The third kappa shape index (κ3) is 3.80. The van der Waals surface area contributed by atoms with E-state index in [0.29, 0.717) is 17.9 Å². The summed E-state index contributed by atoms with van der Waals surface area (Å²) in [7, 11) is 0. The SMILES string of the molecule is CC1Cn2ncc(C(=O)Nc3ccnc(C#N)c3)c2C(=O)N1c1ccc(C(C)(F)F)cc1. The highest BCUT2D eigenvalue weighted by atomic mass is 19.3. The monoisotopic (exact) mass is 436 g/mol. The molecule has 2 aromatic heterocycles. The van der Waals surface area contributed by atoms with E-state index in [1.54, 1.807) is 0 Å². The summed E-state index contributed by atoms with van der Waals surface area (Å²) in [5.74, 6) is -4.02. The predicted molar refractivity (Wildman–Crippen MR) is 111 cm³/mol. The van der Waals surface area contributed by atoms with Crippen LogP contribution in [0.4, 0.5) is 20.2 Å². The van der Waals surface area contributed by atoms with Gasteiger partial charge in [0.05, 0.1) is 24.3 Å². The first-order valence-corrected chi connectivity index (χ1v) is 9.74. The van der Waals surface area contributed by atoms with E-state index in [1.807, 2.05) is 13.0 Å². The van der Waals surface area contributed by atoms with Gasteiger partial charge in [0.1, 0.15) is 17.5 Å². The molecule has 0 spiro atoms. The Labute approximate surface area is 182 Å². The van der Waals surface area contributed by atoms with Gasteiger partial charge < -0.3 is 10.2 Å². The molecule has 4 rings (SSSR count). The Balaban J connectivity index is 1.64. The summed E-state index contributed by atoms with van der Waals surface area (Å²) in [6.45, 7) is 2.95. The summed E-state index contributed by atoms with van der Waals surface area (Å²) in [5.41, 5.74) is 0.946. The fraction of sp³-hybridized carbons (Fsp3) is 0.227. The van der Waals surface area contributed by atoms with Crippen molar-refractivity contribution < 1.29 is 18.4 Å². The molecular formula is C22H18F2N6O2. The molecule has 162 valence electrons. The first-order valence-electron chi connectivity index (χ1n) is 9.74. The molecule has 1 N–H and O–H groups in total. The lowest BCUT2D eigenvalue weighted by Gasteiger charge is -2.34. The Morgan fingerprint density at radius 3 is 2.66 bits per heavy atom. The number of carbonyl (C=O) groups excluding carboxylic acids is 2. The van der Waals surface area contributed by atoms with Gasteiger partial charge in [-0.05, 0) is 31.2 Å². The van der Waals surface area contributed by atoms with Crippen molar-refractivity contribution in [3.63, 3.8) is 0 Å². The summed E-state index contributed by atoms with van der Waals surface area (Å²) in [5, 5.41) is 15.8. The van der Waals surface area contributed by atoms with Crippen LogP contribution in [-0.2, 0) is 12.5 Å². The zero-order valence-corrected chi connectivity index (χ0v) is 17.2. The predicted octanol–water partition coefficient (Wildman–Crippen LogP) is 3.56. The molecule has 0 aliphatic carbocycles. The van der Waals surface area contributed by atoms with Crippen LogP contribution in [0.1, 0.15) is 46.0 Å². The highest BCUT2D eigenvalue weighted by Gasteiger charge is 2.36. The van der Waals surface area contributed by atoms with Crippen LogP contribution in [0.5, 0.6) is 0 Å². The normalized spacial score (nSPS) is 15.8. The van der Waals surface area contributed by atoms with E-state index in [-0.39, 0.29) is 28.6 Å². The molecule has 1 atom stereocenters. The number of benzene rings is 1. The largest absolute Gasteiger partial charge is 0.322 e. The van der Waals surface area contributed by atoms with E-state index in [4.69, 9.17) is 5.26 Å². The van der Waals surface area contributed by atoms with Crippen molar-refractivity contribution in [3.8, 4) is 6.07 Å². The van der Waals surface area contributed by atoms with Gasteiger partial charge in [-0.2, -0.15) is 10.4 Å². The lowest BCUT2D eigenvalue weighted by molar-refractivity contribution is 0.0175. The van der Waals surface area contributed by atoms with Crippen molar-refractivity contribution in [2.45, 2.75) is 32.4 Å². The third-order valence-electron chi connectivity index (χ3n) is 5.17. The number of halogens is 2. The maximum absolute atomic E-state index is 13.5. The lowest BCUT2D eigenvalue weighted by Crippen LogP contribution is -2.47. The number of rotatable bonds is 4. The Kier molecular flexibility index (Phi) is 5.18. The number of amides is 2. The Hall–Kier alpha value is -4.13. The smallest absolute Gasteiger partial charge is 0.277 e. The van der Waals surface area contributed by atoms with Crippen molar-refractivity contribution in [1.29, 1.82) is 5.26 Å². The molecule has 3 aromatic rings. The van der Waals surface area contributed by atoms with Crippen molar-refractivity contribution in [3.05, 3.63) is 71.3 Å². The van der Waals surface area contributed by atoms with Crippen molar-refractivity contribution in [2.24, 2.45) is 0 Å². The summed E-state index contributed by atoms with van der Waals surface area (Å²) >= 11 is 0. The van der Waals surface area contributed by atoms with E-state index in [0.717, 1.165) is 6.92 Å². The van der Waals surface area contributed by atoms with Gasteiger partial charge in [-0.15, -0.1) is 0 Å². The topological polar surface area (TPSA) is 104 Å². The maximum atomic E-state index is 13.5. The number of fused-ring (bicyclic) bond motifs is 1. The number of aromatic nitrogens is 3. The summed E-state index contributed by atoms with van der Waals surface area (Å²) in [4.78, 5) is 31.5. The number of hydrogen-bond donors (Lipinski definition) is 1. The number of nitriles is 1. The van der Waals surface area contributed by atoms with E-state index in [1.165, 1.54) is 58.4 Å². The van der Waals surface area contributed by atoms with Crippen LogP contribution in [0, 0.1) is 11.3 Å². The van der Waals surface area contributed by atoms with Gasteiger partial charge in [0, 0.05) is 30.1 Å². The number of carbonyl (C=O) groups is 2. The molecule has 8 nitrogen and oxygen atoms in total. The minimum Gasteiger partial charge on any atom is -0.322 e. The van der Waals surface area contributed by atoms with E-state index >= 15 is 0 Å². The summed E-state index contributed by atoms with van der Waals surface area (Å²) in [6, 6.07) is 10.0. The highest BCUT2D eigenvalue weighted by Crippen LogP contribution is 2.31. The van der Waals surface area contributed by atoms with Gasteiger partial charge in [0.2, 0.25) is 0 Å². The third-order valence-corrected chi connectivity index (χ3v) is 5.17. The fourth-order valence-electron chi connectivity index (χ4n) is 3.62. The fourth-order valence-corrected chi connectivity index (χ4v) is 3.62. The molecule has 32 heavy (non-hydrogen) atoms. The Morgan fingerprint density at radius 2 is 2.00 bits per heavy atom. The minimum absolute atomic E-state index is 0.0685. The van der Waals surface area contributed by atoms with Crippen molar-refractivity contribution in [1.82, 2.24) is 14.8 Å². The average molecular weight is 436 g/mol. The maximum Gasteiger partial charge on any atom is 0.277 e. The second-order valence-electron chi connectivity index (χ2n) is 7.54. The van der Waals surface area contributed by atoms with Crippen LogP contribution in [0.3, 0.4) is 0 Å². The standard InChI is InChI=1S/C22H18F2N6O2/c1-13-12-29-19(21(32)30(13)17-5-3-14(4-6-17)22(2,23)24)18(11-27-29)20(31)28-15-7-8-26-16(9-15)10-25/h3-9,11,13H,12H2,1-2H3,(H,26,28,31). The van der Waals surface area contributed by atoms with Crippen LogP contribution < -0.4 is 10.2 Å². The molecule has 0 saturated carbocycles. The average Bonchev–Trinajstić information content (AvgIpc) is 3.18. The Morgan fingerprint density at radius 1 is 1.28 bits per heavy atom. The van der Waals surface area contributed by atoms with Gasteiger partial charge in [0.25, 0.3) is 17.7 Å². The molecular weight excluding hydrogens is 418 g/mol. The molecule has 1 aliphatic rings. The van der Waals surface area contributed by atoms with Crippen LogP contribution in [-0.4, -0.2) is 32.6 Å². The van der Waals surface area contributed by atoms with Gasteiger partial charge >= 0.3 is 0 Å². The molecule has 0 saturated heterocycles. The first kappa shape index (κ1) is 21.1. The number of alkyl halides is 2. The highest BCUT2D eigenvalue weighted by molar-refractivity contribution is 6.15. The molecule has 10 heteroatoms. The molecule has 0 fully saturated rings. The zero-order valence-electron chi connectivity index (χ0n) is 17.2. The lowest BCUT2D eigenvalue weighted by atomic mass is 10.1. The molecule has 0 bridgehead atoms. The van der Waals surface area contributed by atoms with Crippen LogP contribution in [0.25, 0.3) is 0 Å². The zero-order chi connectivity index (χ0) is 23.0. The summed E-state index contributed by atoms with van der Waals surface area (Å²) in [6.07, 6.45) is 2.70. The van der Waals surface area contributed by atoms with E-state index < -0.39 is 17.7 Å². The van der Waals surface area contributed by atoms with Crippen LogP contribution in [0.2, 0.25) is 0 Å². The molecule has 0 radical (unpaired) electrons. The van der Waals surface area contributed by atoms with Crippen molar-refractivity contribution >= 4 is 23.2 Å². The van der Waals surface area contributed by atoms with Gasteiger partial charge in [-0.25, -0.2) is 13.8 Å². The number of anilines is 2. The van der Waals surface area contributed by atoms with Gasteiger partial charge in [-0.3, -0.25) is 14.3 Å². The van der Waals surface area contributed by atoms with Gasteiger partial charge in [0.15, 0.2) is 0 Å². The quantitative estimate of drug-likeness (QED) is 0.674. The number of nitrogens with zero attached hydrogens (tertiary/aromatic N) is 5. The van der Waals surface area contributed by atoms with Crippen molar-refractivity contribution in [2.75, 3.05) is 10.2 Å².